The summed E-state index contributed by atoms with van der Waals surface area (Å²) in [5.74, 6) is 0.678. The van der Waals surface area contributed by atoms with Gasteiger partial charge in [0.05, 0.1) is 5.69 Å². The van der Waals surface area contributed by atoms with E-state index in [1.165, 1.54) is 0 Å². The molecule has 4 rings (SSSR count). The highest BCUT2D eigenvalue weighted by molar-refractivity contribution is 5.98. The lowest BCUT2D eigenvalue weighted by atomic mass is 10.1. The lowest BCUT2D eigenvalue weighted by molar-refractivity contribution is -0.129. The van der Waals surface area contributed by atoms with Crippen LogP contribution in [0.25, 0.3) is 11.0 Å². The van der Waals surface area contributed by atoms with Gasteiger partial charge in [-0.2, -0.15) is 4.98 Å². The van der Waals surface area contributed by atoms with E-state index in [1.807, 2.05) is 23.1 Å². The van der Waals surface area contributed by atoms with Gasteiger partial charge in [-0.05, 0) is 43.2 Å². The monoisotopic (exact) mass is 448 g/mol. The molecule has 1 amide bonds. The van der Waals surface area contributed by atoms with Gasteiger partial charge < -0.3 is 19.7 Å². The number of nitrogens with one attached hydrogen (secondary N) is 1. The number of Topliss-reactive ketones (excluding diaryl/α,β-unsaturated/α-hetero) is 1. The second kappa shape index (κ2) is 9.60. The van der Waals surface area contributed by atoms with Crippen LogP contribution in [-0.4, -0.2) is 57.3 Å². The number of fused-ring (bicyclic) bond motifs is 1. The molecule has 0 saturated carbocycles. The van der Waals surface area contributed by atoms with Crippen LogP contribution in [0, 0.1) is 0 Å². The van der Waals surface area contributed by atoms with Crippen molar-refractivity contribution < 1.29 is 9.59 Å². The molecular formula is C25H32N6O2. The summed E-state index contributed by atoms with van der Waals surface area (Å²) in [5, 5.41) is 4.17. The van der Waals surface area contributed by atoms with Gasteiger partial charge in [0.25, 0.3) is 0 Å². The highest BCUT2D eigenvalue weighted by Gasteiger charge is 2.20. The first-order valence-corrected chi connectivity index (χ1v) is 11.7. The summed E-state index contributed by atoms with van der Waals surface area (Å²) in [6, 6.07) is 10.3. The maximum Gasteiger partial charge on any atom is 0.229 e. The summed E-state index contributed by atoms with van der Waals surface area (Å²) >= 11 is 0. The van der Waals surface area contributed by atoms with Crippen molar-refractivity contribution in [2.45, 2.75) is 46.6 Å². The number of anilines is 3. The number of hydrogen-bond acceptors (Lipinski definition) is 6. The second-order valence-electron chi connectivity index (χ2n) is 8.56. The van der Waals surface area contributed by atoms with Crippen molar-refractivity contribution in [3.05, 3.63) is 42.2 Å². The van der Waals surface area contributed by atoms with Gasteiger partial charge in [-0.15, -0.1) is 0 Å². The fourth-order valence-corrected chi connectivity index (χ4v) is 4.53. The molecule has 174 valence electrons. The summed E-state index contributed by atoms with van der Waals surface area (Å²) in [6.07, 6.45) is 3.63. The zero-order valence-corrected chi connectivity index (χ0v) is 19.8. The Morgan fingerprint density at radius 1 is 1.03 bits per heavy atom. The van der Waals surface area contributed by atoms with Gasteiger partial charge in [-0.25, -0.2) is 4.98 Å². The molecule has 33 heavy (non-hydrogen) atoms. The molecule has 0 aliphatic carbocycles. The number of rotatable bonds is 7. The third-order valence-corrected chi connectivity index (χ3v) is 6.46. The third-order valence-electron chi connectivity index (χ3n) is 6.46. The molecule has 1 fully saturated rings. The van der Waals surface area contributed by atoms with Crippen molar-refractivity contribution in [1.82, 2.24) is 19.4 Å². The lowest BCUT2D eigenvalue weighted by Gasteiger charge is -2.35. The zero-order valence-electron chi connectivity index (χ0n) is 19.8. The molecular weight excluding hydrogens is 416 g/mol. The Hall–Kier alpha value is -3.42. The molecule has 0 unspecified atom stereocenters. The molecule has 2 aromatic heterocycles. The lowest BCUT2D eigenvalue weighted by Crippen LogP contribution is -2.48. The number of nitrogens with zero attached hydrogens (tertiary/aromatic N) is 5. The van der Waals surface area contributed by atoms with Crippen LogP contribution in [-0.2, 0) is 4.79 Å². The number of hydrogen-bond donors (Lipinski definition) is 1. The van der Waals surface area contributed by atoms with Crippen molar-refractivity contribution in [2.75, 3.05) is 36.4 Å². The summed E-state index contributed by atoms with van der Waals surface area (Å²) in [7, 11) is 0. The van der Waals surface area contributed by atoms with Crippen LogP contribution >= 0.6 is 0 Å². The highest BCUT2D eigenvalue weighted by Crippen LogP contribution is 2.28. The molecule has 1 aliphatic heterocycles. The van der Waals surface area contributed by atoms with Crippen molar-refractivity contribution in [2.24, 2.45) is 0 Å². The Bertz CT molecular complexity index is 1140. The number of aromatic nitrogens is 3. The predicted molar refractivity (Wildman–Crippen MR) is 131 cm³/mol. The number of amides is 1. The quantitative estimate of drug-likeness (QED) is 0.539. The zero-order chi connectivity index (χ0) is 23.5. The molecule has 8 nitrogen and oxygen atoms in total. The molecule has 8 heteroatoms. The van der Waals surface area contributed by atoms with Crippen LogP contribution in [0.3, 0.4) is 0 Å². The number of piperazine rings is 1. The molecule has 1 aliphatic rings. The fourth-order valence-electron chi connectivity index (χ4n) is 4.53. The van der Waals surface area contributed by atoms with E-state index in [1.54, 1.807) is 20.0 Å². The molecule has 1 N–H and O–H groups in total. The molecule has 3 heterocycles. The van der Waals surface area contributed by atoms with E-state index >= 15 is 0 Å². The maximum absolute atomic E-state index is 12.3. The first-order chi connectivity index (χ1) is 15.9. The Labute approximate surface area is 194 Å². The smallest absolute Gasteiger partial charge is 0.229 e. The Morgan fingerprint density at radius 2 is 1.70 bits per heavy atom. The number of carbonyl (C=O) groups excluding carboxylic acids is 2. The molecule has 1 aromatic carbocycles. The van der Waals surface area contributed by atoms with Crippen LogP contribution in [0.2, 0.25) is 0 Å². The molecule has 0 atom stereocenters. The summed E-state index contributed by atoms with van der Waals surface area (Å²) in [5.41, 5.74) is 3.49. The van der Waals surface area contributed by atoms with Gasteiger partial charge >= 0.3 is 0 Å². The minimum absolute atomic E-state index is 0.0362. The van der Waals surface area contributed by atoms with Gasteiger partial charge in [-0.3, -0.25) is 9.59 Å². The first kappa shape index (κ1) is 22.8. The van der Waals surface area contributed by atoms with Crippen molar-refractivity contribution in [1.29, 1.82) is 0 Å². The van der Waals surface area contributed by atoms with Crippen molar-refractivity contribution in [3.8, 4) is 0 Å². The largest absolute Gasteiger partial charge is 0.368 e. The number of ketones is 1. The van der Waals surface area contributed by atoms with Crippen LogP contribution in [0.15, 0.2) is 36.5 Å². The fraction of sp³-hybridized carbons (Fsp3) is 0.440. The minimum atomic E-state index is 0.0362. The van der Waals surface area contributed by atoms with E-state index in [-0.39, 0.29) is 17.7 Å². The molecule has 3 aromatic rings. The standard InChI is InChI=1S/C25H32N6O2/c1-5-21(6-2)31-23(17(3)32)15-19-16-26-25(28-24(19)31)27-20-7-9-22(10-8-20)30-13-11-29(12-14-30)18(4)33/h7-10,15-16,21H,5-6,11-14H2,1-4H3,(H,26,27,28). The highest BCUT2D eigenvalue weighted by atomic mass is 16.2. The molecule has 0 bridgehead atoms. The maximum atomic E-state index is 12.3. The van der Waals surface area contributed by atoms with Gasteiger partial charge in [-0.1, -0.05) is 13.8 Å². The van der Waals surface area contributed by atoms with E-state index < -0.39 is 0 Å². The summed E-state index contributed by atoms with van der Waals surface area (Å²) in [4.78, 5) is 37.2. The van der Waals surface area contributed by atoms with Gasteiger partial charge in [0, 0.05) is 69.0 Å². The molecule has 1 saturated heterocycles. The third kappa shape index (κ3) is 4.69. The van der Waals surface area contributed by atoms with Crippen molar-refractivity contribution in [3.63, 3.8) is 0 Å². The average Bonchev–Trinajstić information content (AvgIpc) is 3.20. The van der Waals surface area contributed by atoms with Crippen LogP contribution in [0.4, 0.5) is 17.3 Å². The van der Waals surface area contributed by atoms with Gasteiger partial charge in [0.2, 0.25) is 11.9 Å². The Morgan fingerprint density at radius 3 is 2.27 bits per heavy atom. The topological polar surface area (TPSA) is 83.4 Å². The Kier molecular flexibility index (Phi) is 6.62. The van der Waals surface area contributed by atoms with Gasteiger partial charge in [0.15, 0.2) is 5.78 Å². The normalized spacial score (nSPS) is 14.2. The van der Waals surface area contributed by atoms with E-state index in [2.05, 4.69) is 45.7 Å². The van der Waals surface area contributed by atoms with Crippen molar-refractivity contribution >= 4 is 40.0 Å². The predicted octanol–water partition coefficient (Wildman–Crippen LogP) is 4.41. The van der Waals surface area contributed by atoms with Crippen LogP contribution in [0.1, 0.15) is 57.1 Å². The molecule has 0 spiro atoms. The number of benzene rings is 1. The average molecular weight is 449 g/mol. The summed E-state index contributed by atoms with van der Waals surface area (Å²) in [6.45, 7) is 10.6. The minimum Gasteiger partial charge on any atom is -0.368 e. The van der Waals surface area contributed by atoms with Crippen LogP contribution in [0.5, 0.6) is 0 Å². The SMILES string of the molecule is CCC(CC)n1c(C(C)=O)cc2cnc(Nc3ccc(N4CCN(C(C)=O)CC4)cc3)nc21. The van der Waals surface area contributed by atoms with E-state index in [0.717, 1.165) is 61.4 Å². The van der Waals surface area contributed by atoms with E-state index in [9.17, 15) is 9.59 Å². The van der Waals surface area contributed by atoms with Crippen LogP contribution < -0.4 is 10.2 Å². The van der Waals surface area contributed by atoms with Gasteiger partial charge in [0.1, 0.15) is 5.65 Å². The summed E-state index contributed by atoms with van der Waals surface area (Å²) < 4.78 is 2.06. The Balaban J connectivity index is 1.54. The first-order valence-electron chi connectivity index (χ1n) is 11.7. The number of carbonyl (C=O) groups is 2. The van der Waals surface area contributed by atoms with E-state index in [4.69, 9.17) is 4.98 Å². The molecule has 0 radical (unpaired) electrons. The second-order valence-corrected chi connectivity index (χ2v) is 8.56. The van der Waals surface area contributed by atoms with E-state index in [0.29, 0.717) is 11.6 Å².